The predicted octanol–water partition coefficient (Wildman–Crippen LogP) is 2.85. The number of carboxylic acid groups (broad SMARTS) is 1. The second kappa shape index (κ2) is 7.84. The van der Waals surface area contributed by atoms with Crippen molar-refractivity contribution in [2.24, 2.45) is 5.73 Å². The van der Waals surface area contributed by atoms with Crippen LogP contribution in [0.2, 0.25) is 0 Å². The number of ether oxygens (including phenoxy) is 2. The van der Waals surface area contributed by atoms with E-state index in [-0.39, 0.29) is 6.42 Å². The highest BCUT2D eigenvalue weighted by Crippen LogP contribution is 2.25. The van der Waals surface area contributed by atoms with E-state index in [1.165, 1.54) is 5.56 Å². The van der Waals surface area contributed by atoms with Gasteiger partial charge in [-0.1, -0.05) is 18.2 Å². The third-order valence-electron chi connectivity index (χ3n) is 4.06. The fourth-order valence-electron chi connectivity index (χ4n) is 2.45. The van der Waals surface area contributed by atoms with E-state index in [1.54, 1.807) is 7.11 Å². The van der Waals surface area contributed by atoms with Gasteiger partial charge in [0, 0.05) is 5.56 Å². The number of rotatable bonds is 7. The Morgan fingerprint density at radius 2 is 1.96 bits per heavy atom. The van der Waals surface area contributed by atoms with E-state index in [1.807, 2.05) is 50.2 Å². The molecule has 0 aromatic heterocycles. The molecule has 0 heterocycles. The Morgan fingerprint density at radius 3 is 2.62 bits per heavy atom. The zero-order valence-corrected chi connectivity index (χ0v) is 14.2. The van der Waals surface area contributed by atoms with Crippen molar-refractivity contribution in [3.8, 4) is 11.5 Å². The SMILES string of the molecule is COc1ccc(CC(N)C(=O)O)cc1COc1cccc(C)c1C. The molecule has 2 aromatic rings. The summed E-state index contributed by atoms with van der Waals surface area (Å²) in [5.41, 5.74) is 9.57. The zero-order valence-electron chi connectivity index (χ0n) is 14.2. The summed E-state index contributed by atoms with van der Waals surface area (Å²) in [4.78, 5) is 10.9. The molecule has 0 saturated heterocycles. The van der Waals surface area contributed by atoms with Gasteiger partial charge in [0.25, 0.3) is 0 Å². The molecule has 0 bridgehead atoms. The van der Waals surface area contributed by atoms with Gasteiger partial charge in [-0.2, -0.15) is 0 Å². The van der Waals surface area contributed by atoms with Crippen LogP contribution < -0.4 is 15.2 Å². The zero-order chi connectivity index (χ0) is 17.7. The molecule has 5 nitrogen and oxygen atoms in total. The smallest absolute Gasteiger partial charge is 0.320 e. The molecule has 0 aliphatic heterocycles. The maximum Gasteiger partial charge on any atom is 0.320 e. The van der Waals surface area contributed by atoms with E-state index in [4.69, 9.17) is 20.3 Å². The number of carbonyl (C=O) groups is 1. The molecule has 0 radical (unpaired) electrons. The lowest BCUT2D eigenvalue weighted by Crippen LogP contribution is -2.32. The summed E-state index contributed by atoms with van der Waals surface area (Å²) in [7, 11) is 1.60. The summed E-state index contributed by atoms with van der Waals surface area (Å²) < 4.78 is 11.3. The molecule has 0 fully saturated rings. The van der Waals surface area contributed by atoms with Gasteiger partial charge in [-0.3, -0.25) is 4.79 Å². The van der Waals surface area contributed by atoms with Gasteiger partial charge in [-0.25, -0.2) is 0 Å². The van der Waals surface area contributed by atoms with Crippen molar-refractivity contribution in [1.29, 1.82) is 0 Å². The van der Waals surface area contributed by atoms with E-state index in [9.17, 15) is 4.79 Å². The maximum atomic E-state index is 10.9. The third-order valence-corrected chi connectivity index (χ3v) is 4.06. The van der Waals surface area contributed by atoms with Crippen LogP contribution in [0.25, 0.3) is 0 Å². The molecule has 2 rings (SSSR count). The quantitative estimate of drug-likeness (QED) is 0.816. The van der Waals surface area contributed by atoms with Crippen molar-refractivity contribution in [3.05, 3.63) is 58.7 Å². The molecule has 0 saturated carbocycles. The van der Waals surface area contributed by atoms with E-state index in [2.05, 4.69) is 0 Å². The Hall–Kier alpha value is -2.53. The highest BCUT2D eigenvalue weighted by atomic mass is 16.5. The Bertz CT molecular complexity index is 727. The highest BCUT2D eigenvalue weighted by Gasteiger charge is 2.14. The molecular formula is C19H23NO4. The first-order valence-electron chi connectivity index (χ1n) is 7.75. The number of nitrogens with two attached hydrogens (primary N) is 1. The van der Waals surface area contributed by atoms with Crippen molar-refractivity contribution in [2.45, 2.75) is 32.9 Å². The summed E-state index contributed by atoms with van der Waals surface area (Å²) in [5, 5.41) is 8.95. The van der Waals surface area contributed by atoms with Crippen LogP contribution in [-0.2, 0) is 17.8 Å². The number of benzene rings is 2. The molecule has 3 N–H and O–H groups in total. The van der Waals surface area contributed by atoms with E-state index >= 15 is 0 Å². The lowest BCUT2D eigenvalue weighted by Gasteiger charge is -2.15. The van der Waals surface area contributed by atoms with Crippen LogP contribution in [0, 0.1) is 13.8 Å². The Kier molecular flexibility index (Phi) is 5.82. The standard InChI is InChI=1S/C19H23NO4/c1-12-5-4-6-17(13(12)2)24-11-15-9-14(7-8-18(15)23-3)10-16(20)19(21)22/h4-9,16H,10-11,20H2,1-3H3,(H,21,22). The summed E-state index contributed by atoms with van der Waals surface area (Å²) in [6, 6.07) is 10.5. The minimum atomic E-state index is -1.01. The number of hydrogen-bond donors (Lipinski definition) is 2. The number of methoxy groups -OCH3 is 1. The van der Waals surface area contributed by atoms with Crippen LogP contribution in [0.5, 0.6) is 11.5 Å². The summed E-state index contributed by atoms with van der Waals surface area (Å²) in [6.45, 7) is 4.39. The van der Waals surface area contributed by atoms with E-state index in [0.717, 1.165) is 22.4 Å². The minimum Gasteiger partial charge on any atom is -0.496 e. The van der Waals surface area contributed by atoms with Crippen molar-refractivity contribution >= 4 is 5.97 Å². The molecule has 1 unspecified atom stereocenters. The van der Waals surface area contributed by atoms with Gasteiger partial charge in [0.1, 0.15) is 24.1 Å². The van der Waals surface area contributed by atoms with Crippen LogP contribution in [0.3, 0.4) is 0 Å². The fraction of sp³-hybridized carbons (Fsp3) is 0.316. The van der Waals surface area contributed by atoms with Crippen molar-refractivity contribution in [2.75, 3.05) is 7.11 Å². The Morgan fingerprint density at radius 1 is 1.21 bits per heavy atom. The highest BCUT2D eigenvalue weighted by molar-refractivity contribution is 5.73. The average molecular weight is 329 g/mol. The van der Waals surface area contributed by atoms with E-state index < -0.39 is 12.0 Å². The maximum absolute atomic E-state index is 10.9. The number of aliphatic carboxylic acids is 1. The van der Waals surface area contributed by atoms with E-state index in [0.29, 0.717) is 12.4 Å². The number of carboxylic acids is 1. The van der Waals surface area contributed by atoms with Crippen LogP contribution in [0.1, 0.15) is 22.3 Å². The third kappa shape index (κ3) is 4.26. The first kappa shape index (κ1) is 17.8. The van der Waals surface area contributed by atoms with Crippen LogP contribution >= 0.6 is 0 Å². The largest absolute Gasteiger partial charge is 0.496 e. The number of hydrogen-bond acceptors (Lipinski definition) is 4. The van der Waals surface area contributed by atoms with Gasteiger partial charge in [0.2, 0.25) is 0 Å². The topological polar surface area (TPSA) is 81.8 Å². The van der Waals surface area contributed by atoms with Gasteiger partial charge >= 0.3 is 5.97 Å². The van der Waals surface area contributed by atoms with Gasteiger partial charge in [-0.15, -0.1) is 0 Å². The molecule has 24 heavy (non-hydrogen) atoms. The lowest BCUT2D eigenvalue weighted by molar-refractivity contribution is -0.138. The molecule has 5 heteroatoms. The second-order valence-electron chi connectivity index (χ2n) is 5.78. The molecule has 0 spiro atoms. The minimum absolute atomic E-state index is 0.260. The van der Waals surface area contributed by atoms with Crippen molar-refractivity contribution in [3.63, 3.8) is 0 Å². The average Bonchev–Trinajstić information content (AvgIpc) is 2.56. The molecule has 128 valence electrons. The van der Waals surface area contributed by atoms with Crippen LogP contribution in [0.4, 0.5) is 0 Å². The fourth-order valence-corrected chi connectivity index (χ4v) is 2.45. The summed E-state index contributed by atoms with van der Waals surface area (Å²) >= 11 is 0. The first-order chi connectivity index (χ1) is 11.4. The molecule has 0 aliphatic carbocycles. The van der Waals surface area contributed by atoms with Gasteiger partial charge in [0.15, 0.2) is 0 Å². The molecule has 2 aromatic carbocycles. The summed E-state index contributed by atoms with van der Waals surface area (Å²) in [5.74, 6) is 0.511. The number of aryl methyl sites for hydroxylation is 1. The molecule has 0 aliphatic rings. The van der Waals surface area contributed by atoms with Crippen molar-refractivity contribution in [1.82, 2.24) is 0 Å². The molecule has 1 atom stereocenters. The molecule has 0 amide bonds. The van der Waals surface area contributed by atoms with Gasteiger partial charge < -0.3 is 20.3 Å². The lowest BCUT2D eigenvalue weighted by atomic mass is 10.0. The molecular weight excluding hydrogens is 306 g/mol. The predicted molar refractivity (Wildman–Crippen MR) is 92.6 cm³/mol. The van der Waals surface area contributed by atoms with Crippen LogP contribution in [-0.4, -0.2) is 24.2 Å². The van der Waals surface area contributed by atoms with Crippen LogP contribution in [0.15, 0.2) is 36.4 Å². The first-order valence-corrected chi connectivity index (χ1v) is 7.75. The normalized spacial score (nSPS) is 11.8. The summed E-state index contributed by atoms with van der Waals surface area (Å²) in [6.07, 6.45) is 0.260. The monoisotopic (exact) mass is 329 g/mol. The van der Waals surface area contributed by atoms with Gasteiger partial charge in [0.05, 0.1) is 7.11 Å². The van der Waals surface area contributed by atoms with Gasteiger partial charge in [-0.05, 0) is 55.2 Å². The Balaban J connectivity index is 2.18. The van der Waals surface area contributed by atoms with Crippen molar-refractivity contribution < 1.29 is 19.4 Å². The Labute approximate surface area is 142 Å². The second-order valence-corrected chi connectivity index (χ2v) is 5.78.